The Hall–Kier alpha value is 1.45. The van der Waals surface area contributed by atoms with Crippen molar-refractivity contribution in [2.75, 3.05) is 0 Å². The van der Waals surface area contributed by atoms with Crippen molar-refractivity contribution in [2.24, 2.45) is 0 Å². The summed E-state index contributed by atoms with van der Waals surface area (Å²) in [6.45, 7) is 0. The topological polar surface area (TPSA) is 86.3 Å². The Morgan fingerprint density at radius 2 is 1.39 bits per heavy atom. The zero-order chi connectivity index (χ0) is 17.1. The molecule has 0 atom stereocenters. The number of nitro benzene ring substituents is 2. The van der Waals surface area contributed by atoms with Gasteiger partial charge in [-0.3, -0.25) is 20.2 Å². The Kier molecular flexibility index (Phi) is 13.3. The highest BCUT2D eigenvalue weighted by Crippen LogP contribution is 2.60. The van der Waals surface area contributed by atoms with E-state index in [1.807, 2.05) is 0 Å². The molecule has 0 saturated carbocycles. The van der Waals surface area contributed by atoms with Gasteiger partial charge >= 0.3 is 0 Å². The molecule has 17 heteroatoms. The molecule has 0 aliphatic carbocycles. The van der Waals surface area contributed by atoms with Gasteiger partial charge in [-0.1, -0.05) is 0 Å². The lowest BCUT2D eigenvalue weighted by Crippen LogP contribution is -1.93. The molecule has 0 saturated heterocycles. The van der Waals surface area contributed by atoms with Crippen molar-refractivity contribution in [1.29, 1.82) is 0 Å². The van der Waals surface area contributed by atoms with Crippen molar-refractivity contribution in [2.45, 2.75) is 4.90 Å². The van der Waals surface area contributed by atoms with E-state index in [2.05, 4.69) is 0 Å². The third-order valence-corrected chi connectivity index (χ3v) is 19.9. The lowest BCUT2D eigenvalue weighted by atomic mass is 10.3. The Morgan fingerprint density at radius 1 is 0.826 bits per heavy atom. The van der Waals surface area contributed by atoms with E-state index in [-0.39, 0.29) is 22.6 Å². The second kappa shape index (κ2) is 13.6. The number of nitro groups is 2. The highest BCUT2D eigenvalue weighted by molar-refractivity contribution is 9.52. The first-order valence-corrected chi connectivity index (χ1v) is 17.5. The minimum atomic E-state index is -0.664. The largest absolute Gasteiger partial charge is 0.290 e. The Balaban J connectivity index is 2.34. The lowest BCUT2D eigenvalue weighted by Gasteiger charge is -2.01. The Bertz CT molecular complexity index is 538. The minimum absolute atomic E-state index is 0.197. The molecule has 0 bridgehead atoms. The normalized spacial score (nSPS) is 10.7. The maximum absolute atomic E-state index is 11.7. The van der Waals surface area contributed by atoms with E-state index < -0.39 is 9.85 Å². The summed E-state index contributed by atoms with van der Waals surface area (Å²) in [5, 5.41) is 21.6. The van der Waals surface area contributed by atoms with E-state index in [1.165, 1.54) is 91.7 Å². The van der Waals surface area contributed by atoms with Crippen LogP contribution in [-0.2, 0) is 0 Å². The summed E-state index contributed by atoms with van der Waals surface area (Å²) in [5.74, 6) is 0. The van der Waals surface area contributed by atoms with Crippen LogP contribution in [0.25, 0.3) is 0 Å². The minimum Gasteiger partial charge on any atom is -0.258 e. The van der Waals surface area contributed by atoms with Crippen molar-refractivity contribution in [3.05, 3.63) is 38.4 Å². The summed E-state index contributed by atoms with van der Waals surface area (Å²) in [4.78, 5) is 20.7. The van der Waals surface area contributed by atoms with E-state index in [4.69, 9.17) is 0 Å². The van der Waals surface area contributed by atoms with Crippen molar-refractivity contribution >= 4 is 112 Å². The van der Waals surface area contributed by atoms with E-state index in [0.717, 1.165) is 15.9 Å². The summed E-state index contributed by atoms with van der Waals surface area (Å²) < 4.78 is 11.7. The van der Waals surface area contributed by atoms with Gasteiger partial charge in [-0.05, 0) is 56.2 Å². The van der Waals surface area contributed by atoms with Crippen LogP contribution in [0.15, 0.2) is 23.1 Å². The second-order valence-corrected chi connectivity index (χ2v) is 18.6. The number of halogens is 1. The fraction of sp³-hybridized carbons (Fsp3) is 0. The quantitative estimate of drug-likeness (QED) is 0.118. The molecule has 1 rings (SSSR count). The first kappa shape index (κ1) is 22.5. The summed E-state index contributed by atoms with van der Waals surface area (Å²) in [5.41, 5.74) is -0.587. The number of nitrogens with zero attached hydrogens (tertiary/aromatic N) is 2. The molecule has 6 nitrogen and oxygen atoms in total. The van der Waals surface area contributed by atoms with Gasteiger partial charge in [0.15, 0.2) is 0 Å². The molecule has 0 radical (unpaired) electrons. The maximum atomic E-state index is 11.7. The summed E-state index contributed by atoms with van der Waals surface area (Å²) in [6, 6.07) is 3.58. The van der Waals surface area contributed by atoms with E-state index in [0.29, 0.717) is 4.90 Å². The van der Waals surface area contributed by atoms with Crippen molar-refractivity contribution < 1.29 is 13.7 Å². The van der Waals surface area contributed by atoms with E-state index in [9.17, 15) is 24.1 Å². The first-order chi connectivity index (χ1) is 11.1. The highest BCUT2D eigenvalue weighted by Gasteiger charge is 2.20. The number of rotatable bonds is 12. The third-order valence-electron chi connectivity index (χ3n) is 1.69. The van der Waals surface area contributed by atoms with Gasteiger partial charge in [-0.15, -0.1) is 0 Å². The molecule has 0 spiro atoms. The zero-order valence-electron chi connectivity index (χ0n) is 10.2. The molecule has 23 heavy (non-hydrogen) atoms. The third kappa shape index (κ3) is 9.64. The van der Waals surface area contributed by atoms with Gasteiger partial charge in [0.05, 0.1) is 20.8 Å². The van der Waals surface area contributed by atoms with Gasteiger partial charge in [-0.25, -0.2) is 0 Å². The number of hydrogen-bond donors (Lipinski definition) is 0. The SMILES string of the molecule is O=[N+]([O-])c1ccc(SSSSSSSSSSF)c([N+](=O)[O-])c1. The van der Waals surface area contributed by atoms with Crippen molar-refractivity contribution in [3.63, 3.8) is 0 Å². The van der Waals surface area contributed by atoms with Crippen LogP contribution in [-0.4, -0.2) is 9.85 Å². The molecule has 0 heterocycles. The number of benzene rings is 1. The average Bonchev–Trinajstić information content (AvgIpc) is 2.53. The maximum Gasteiger partial charge on any atom is 0.290 e. The standard InChI is InChI=1S/C6H3FN2O4S10/c7-15-17-19-21-23-22-20-18-16-14-6-2-1-4(8(10)11)3-5(6)9(12)13/h1-3H. The van der Waals surface area contributed by atoms with Crippen LogP contribution in [0.4, 0.5) is 15.3 Å². The van der Waals surface area contributed by atoms with Crippen LogP contribution >= 0.6 is 101 Å². The molecular weight excluding hydrogens is 504 g/mol. The molecule has 0 aliphatic rings. The average molecular weight is 507 g/mol. The molecule has 0 N–H and O–H groups in total. The summed E-state index contributed by atoms with van der Waals surface area (Å²) in [6.07, 6.45) is 0. The van der Waals surface area contributed by atoms with Gasteiger partial charge in [0.1, 0.15) is 11.2 Å². The molecule has 0 aromatic heterocycles. The molecular formula is C6H3FN2O4S10. The molecule has 0 aliphatic heterocycles. The van der Waals surface area contributed by atoms with Crippen LogP contribution in [0.3, 0.4) is 0 Å². The zero-order valence-corrected chi connectivity index (χ0v) is 18.4. The van der Waals surface area contributed by atoms with Crippen LogP contribution in [0.5, 0.6) is 0 Å². The Labute approximate surface area is 167 Å². The molecule has 1 aromatic carbocycles. The summed E-state index contributed by atoms with van der Waals surface area (Å²) in [7, 11) is 12.2. The Morgan fingerprint density at radius 3 is 1.91 bits per heavy atom. The van der Waals surface area contributed by atoms with Crippen LogP contribution in [0, 0.1) is 20.2 Å². The van der Waals surface area contributed by atoms with Crippen molar-refractivity contribution in [3.8, 4) is 0 Å². The van der Waals surface area contributed by atoms with Gasteiger partial charge in [0.25, 0.3) is 11.4 Å². The molecule has 1 aromatic rings. The van der Waals surface area contributed by atoms with Crippen LogP contribution < -0.4 is 0 Å². The van der Waals surface area contributed by atoms with Gasteiger partial charge in [0, 0.05) is 45.4 Å². The van der Waals surface area contributed by atoms with Crippen LogP contribution in [0.1, 0.15) is 0 Å². The lowest BCUT2D eigenvalue weighted by molar-refractivity contribution is -0.396. The predicted octanol–water partition coefficient (Wildman–Crippen LogP) is 8.31. The monoisotopic (exact) mass is 506 g/mol. The molecule has 128 valence electrons. The predicted molar refractivity (Wildman–Crippen MR) is 115 cm³/mol. The number of non-ortho nitro benzene ring substituents is 1. The first-order valence-electron chi connectivity index (χ1n) is 4.77. The van der Waals surface area contributed by atoms with Gasteiger partial charge < -0.3 is 0 Å². The van der Waals surface area contributed by atoms with Crippen LogP contribution in [0.2, 0.25) is 0 Å². The highest BCUT2D eigenvalue weighted by atomic mass is 34.0. The fourth-order valence-corrected chi connectivity index (χ4v) is 21.1. The van der Waals surface area contributed by atoms with Gasteiger partial charge in [-0.2, -0.15) is 3.89 Å². The second-order valence-electron chi connectivity index (χ2n) is 2.86. The van der Waals surface area contributed by atoms with E-state index in [1.54, 1.807) is 0 Å². The molecule has 0 amide bonds. The number of hydrogen-bond acceptors (Lipinski definition) is 14. The molecule has 0 unspecified atom stereocenters. The smallest absolute Gasteiger partial charge is 0.258 e. The fourth-order valence-electron chi connectivity index (χ4n) is 0.962. The molecule has 0 fully saturated rings. The van der Waals surface area contributed by atoms with Gasteiger partial charge in [0.2, 0.25) is 0 Å². The van der Waals surface area contributed by atoms with E-state index >= 15 is 0 Å². The van der Waals surface area contributed by atoms with Crippen molar-refractivity contribution in [1.82, 2.24) is 0 Å². The summed E-state index contributed by atoms with van der Waals surface area (Å²) >= 11 is 0.197.